The maximum atomic E-state index is 12.1. The number of benzene rings is 1. The molecule has 7 heteroatoms. The van der Waals surface area contributed by atoms with Gasteiger partial charge in [0.15, 0.2) is 0 Å². The Labute approximate surface area is 127 Å². The second kappa shape index (κ2) is 6.05. The van der Waals surface area contributed by atoms with E-state index in [0.717, 1.165) is 17.7 Å². The second-order valence-electron chi connectivity index (χ2n) is 5.21. The van der Waals surface area contributed by atoms with Crippen molar-refractivity contribution in [1.82, 2.24) is 15.6 Å². The normalized spacial score (nSPS) is 16.0. The first-order valence-electron chi connectivity index (χ1n) is 7.13. The van der Waals surface area contributed by atoms with Gasteiger partial charge in [0, 0.05) is 12.0 Å². The summed E-state index contributed by atoms with van der Waals surface area (Å²) in [5.41, 5.74) is 2.27. The lowest BCUT2D eigenvalue weighted by Crippen LogP contribution is -2.28. The molecule has 1 aromatic heterocycles. The molecule has 0 spiro atoms. The van der Waals surface area contributed by atoms with Crippen LogP contribution in [-0.2, 0) is 6.42 Å². The van der Waals surface area contributed by atoms with Crippen LogP contribution in [0.25, 0.3) is 0 Å². The average molecular weight is 303 g/mol. The van der Waals surface area contributed by atoms with E-state index in [-0.39, 0.29) is 12.0 Å². The minimum Gasteiger partial charge on any atom is -0.490 e. The van der Waals surface area contributed by atoms with Gasteiger partial charge in [0.2, 0.25) is 0 Å². The molecule has 0 fully saturated rings. The number of amides is 1. The fourth-order valence-electron chi connectivity index (χ4n) is 2.33. The average Bonchev–Trinajstić information content (AvgIpc) is 3.07. The highest BCUT2D eigenvalue weighted by Crippen LogP contribution is 2.29. The van der Waals surface area contributed by atoms with Crippen LogP contribution in [0.2, 0.25) is 0 Å². The number of aromatic nitrogens is 2. The van der Waals surface area contributed by atoms with Crippen LogP contribution in [0.3, 0.4) is 0 Å². The molecule has 1 N–H and O–H groups in total. The van der Waals surface area contributed by atoms with Gasteiger partial charge < -0.3 is 14.8 Å². The lowest BCUT2D eigenvalue weighted by molar-refractivity contribution is 0.0946. The number of ether oxygens (including phenoxy) is 2. The minimum atomic E-state index is -0.138. The molecule has 7 nitrogen and oxygen atoms in total. The van der Waals surface area contributed by atoms with Crippen LogP contribution >= 0.6 is 0 Å². The van der Waals surface area contributed by atoms with Gasteiger partial charge in [-0.05, 0) is 42.8 Å². The number of nitrogens with one attached hydrogen (secondary N) is 1. The lowest BCUT2D eigenvalue weighted by atomic mass is 10.1. The molecular weight excluding hydrogens is 286 g/mol. The molecule has 0 aliphatic carbocycles. The smallest absolute Gasteiger partial charge is 0.278 e. The number of nitrogens with zero attached hydrogens (tertiary/aromatic N) is 2. The maximum Gasteiger partial charge on any atom is 0.278 e. The van der Waals surface area contributed by atoms with Crippen molar-refractivity contribution in [3.63, 3.8) is 0 Å². The number of carbonyl (C=O) groups is 1. The van der Waals surface area contributed by atoms with Crippen LogP contribution in [0.4, 0.5) is 0 Å². The SMILES string of the molecule is Cc1nonc1OCCNC(=O)c1ccc2c(c1)C[C@H](C)O2. The Morgan fingerprint density at radius 2 is 2.32 bits per heavy atom. The summed E-state index contributed by atoms with van der Waals surface area (Å²) < 4.78 is 15.5. The van der Waals surface area contributed by atoms with Crippen LogP contribution in [0.15, 0.2) is 22.8 Å². The summed E-state index contributed by atoms with van der Waals surface area (Å²) >= 11 is 0. The first-order chi connectivity index (χ1) is 10.6. The van der Waals surface area contributed by atoms with E-state index >= 15 is 0 Å². The van der Waals surface area contributed by atoms with Crippen LogP contribution in [0.1, 0.15) is 28.5 Å². The standard InChI is InChI=1S/C15H17N3O4/c1-9-7-12-8-11(3-4-13(12)21-9)14(19)16-5-6-20-15-10(2)17-22-18-15/h3-4,8-9H,5-7H2,1-2H3,(H,16,19)/t9-/m0/s1. The third kappa shape index (κ3) is 3.03. The molecule has 0 unspecified atom stereocenters. The zero-order valence-electron chi connectivity index (χ0n) is 12.5. The van der Waals surface area contributed by atoms with E-state index in [4.69, 9.17) is 9.47 Å². The number of hydrogen-bond donors (Lipinski definition) is 1. The second-order valence-corrected chi connectivity index (χ2v) is 5.21. The van der Waals surface area contributed by atoms with E-state index in [1.165, 1.54) is 0 Å². The van der Waals surface area contributed by atoms with Crippen molar-refractivity contribution in [2.75, 3.05) is 13.2 Å². The molecule has 1 aliphatic heterocycles. The van der Waals surface area contributed by atoms with E-state index in [1.54, 1.807) is 13.0 Å². The molecule has 0 bridgehead atoms. The fraction of sp³-hybridized carbons (Fsp3) is 0.400. The minimum absolute atomic E-state index is 0.138. The Kier molecular flexibility index (Phi) is 3.95. The topological polar surface area (TPSA) is 86.5 Å². The van der Waals surface area contributed by atoms with Gasteiger partial charge in [0.1, 0.15) is 24.2 Å². The van der Waals surface area contributed by atoms with Gasteiger partial charge in [-0.1, -0.05) is 5.16 Å². The Hall–Kier alpha value is -2.57. The summed E-state index contributed by atoms with van der Waals surface area (Å²) in [5.74, 6) is 1.07. The molecule has 3 rings (SSSR count). The molecule has 22 heavy (non-hydrogen) atoms. The number of aryl methyl sites for hydroxylation is 1. The Morgan fingerprint density at radius 3 is 3.09 bits per heavy atom. The molecule has 0 radical (unpaired) electrons. The summed E-state index contributed by atoms with van der Waals surface area (Å²) in [6, 6.07) is 5.48. The molecule has 2 aromatic rings. The van der Waals surface area contributed by atoms with Crippen molar-refractivity contribution >= 4 is 5.91 Å². The highest BCUT2D eigenvalue weighted by Gasteiger charge is 2.20. The van der Waals surface area contributed by atoms with Crippen LogP contribution in [0, 0.1) is 6.92 Å². The van der Waals surface area contributed by atoms with Crippen LogP contribution in [0.5, 0.6) is 11.6 Å². The van der Waals surface area contributed by atoms with Crippen molar-refractivity contribution in [2.45, 2.75) is 26.4 Å². The predicted octanol–water partition coefficient (Wildman–Crippen LogP) is 1.51. The highest BCUT2D eigenvalue weighted by atomic mass is 16.6. The Morgan fingerprint density at radius 1 is 1.45 bits per heavy atom. The van der Waals surface area contributed by atoms with Crippen molar-refractivity contribution < 1.29 is 18.9 Å². The summed E-state index contributed by atoms with van der Waals surface area (Å²) in [4.78, 5) is 12.1. The summed E-state index contributed by atoms with van der Waals surface area (Å²) in [6.07, 6.45) is 0.999. The molecule has 0 saturated heterocycles. The molecule has 1 aromatic carbocycles. The van der Waals surface area contributed by atoms with E-state index in [9.17, 15) is 4.79 Å². The molecule has 0 saturated carbocycles. The number of fused-ring (bicyclic) bond motifs is 1. The number of hydrogen-bond acceptors (Lipinski definition) is 6. The highest BCUT2D eigenvalue weighted by molar-refractivity contribution is 5.94. The molecule has 1 atom stereocenters. The quantitative estimate of drug-likeness (QED) is 0.843. The number of rotatable bonds is 5. The molecule has 1 aliphatic rings. The lowest BCUT2D eigenvalue weighted by Gasteiger charge is -2.07. The molecule has 2 heterocycles. The van der Waals surface area contributed by atoms with Crippen LogP contribution < -0.4 is 14.8 Å². The van der Waals surface area contributed by atoms with Crippen molar-refractivity contribution in [3.8, 4) is 11.6 Å². The van der Waals surface area contributed by atoms with Crippen LogP contribution in [-0.4, -0.2) is 35.5 Å². The monoisotopic (exact) mass is 303 g/mol. The zero-order valence-corrected chi connectivity index (χ0v) is 12.5. The van der Waals surface area contributed by atoms with Gasteiger partial charge in [0.25, 0.3) is 11.8 Å². The molecule has 116 valence electrons. The maximum absolute atomic E-state index is 12.1. The van der Waals surface area contributed by atoms with E-state index in [2.05, 4.69) is 20.3 Å². The first kappa shape index (κ1) is 14.4. The van der Waals surface area contributed by atoms with E-state index in [1.807, 2.05) is 19.1 Å². The zero-order chi connectivity index (χ0) is 15.5. The van der Waals surface area contributed by atoms with Crippen molar-refractivity contribution in [2.24, 2.45) is 0 Å². The van der Waals surface area contributed by atoms with Gasteiger partial charge in [0.05, 0.1) is 6.54 Å². The fourth-order valence-corrected chi connectivity index (χ4v) is 2.33. The van der Waals surface area contributed by atoms with E-state index in [0.29, 0.717) is 30.3 Å². The van der Waals surface area contributed by atoms with Gasteiger partial charge in [-0.15, -0.1) is 0 Å². The third-order valence-corrected chi connectivity index (χ3v) is 3.40. The predicted molar refractivity (Wildman–Crippen MR) is 77.1 cm³/mol. The number of carbonyl (C=O) groups excluding carboxylic acids is 1. The van der Waals surface area contributed by atoms with Gasteiger partial charge in [-0.25, -0.2) is 4.63 Å². The largest absolute Gasteiger partial charge is 0.490 e. The molecular formula is C15H17N3O4. The third-order valence-electron chi connectivity index (χ3n) is 3.40. The summed E-state index contributed by atoms with van der Waals surface area (Å²) in [5, 5.41) is 10.0. The van der Waals surface area contributed by atoms with Gasteiger partial charge >= 0.3 is 0 Å². The summed E-state index contributed by atoms with van der Waals surface area (Å²) in [6.45, 7) is 4.41. The summed E-state index contributed by atoms with van der Waals surface area (Å²) in [7, 11) is 0. The van der Waals surface area contributed by atoms with Crippen molar-refractivity contribution in [1.29, 1.82) is 0 Å². The molecule has 1 amide bonds. The Balaban J connectivity index is 1.50. The van der Waals surface area contributed by atoms with E-state index < -0.39 is 0 Å². The van der Waals surface area contributed by atoms with Gasteiger partial charge in [-0.2, -0.15) is 0 Å². The Bertz CT molecular complexity index is 683. The van der Waals surface area contributed by atoms with Gasteiger partial charge in [-0.3, -0.25) is 4.79 Å². The van der Waals surface area contributed by atoms with Crippen molar-refractivity contribution in [3.05, 3.63) is 35.0 Å². The first-order valence-corrected chi connectivity index (χ1v) is 7.13.